The number of rotatable bonds is 4. The number of aliphatic hydroxyl groups is 1. The van der Waals surface area contributed by atoms with Gasteiger partial charge in [-0.15, -0.1) is 5.10 Å². The van der Waals surface area contributed by atoms with E-state index < -0.39 is 5.60 Å². The molecule has 2 saturated heterocycles. The standard InChI is InChI=1S/C17H29N5O2/c1-14(2)22-11-15(18-19-22)17(24)7-10-20(13-17)12-16(23)21-8-5-3-4-6-9-21/h11,14,24H,3-10,12-13H2,1-2H3/t17-/m1/s1. The lowest BCUT2D eigenvalue weighted by molar-refractivity contribution is -0.132. The number of amides is 1. The quantitative estimate of drug-likeness (QED) is 0.893. The van der Waals surface area contributed by atoms with Crippen LogP contribution in [0.15, 0.2) is 6.20 Å². The highest BCUT2D eigenvalue weighted by Crippen LogP contribution is 2.30. The van der Waals surface area contributed by atoms with Crippen molar-refractivity contribution in [2.45, 2.75) is 57.6 Å². The molecule has 1 N–H and O–H groups in total. The van der Waals surface area contributed by atoms with Gasteiger partial charge in [-0.25, -0.2) is 4.68 Å². The number of hydrogen-bond donors (Lipinski definition) is 1. The highest BCUT2D eigenvalue weighted by Gasteiger charge is 2.41. The predicted octanol–water partition coefficient (Wildman–Crippen LogP) is 1.15. The summed E-state index contributed by atoms with van der Waals surface area (Å²) in [7, 11) is 0. The largest absolute Gasteiger partial charge is 0.382 e. The van der Waals surface area contributed by atoms with Crippen LogP contribution in [0.1, 0.15) is 57.7 Å². The van der Waals surface area contributed by atoms with Crippen molar-refractivity contribution in [1.82, 2.24) is 24.8 Å². The van der Waals surface area contributed by atoms with E-state index in [1.54, 1.807) is 4.68 Å². The van der Waals surface area contributed by atoms with Gasteiger partial charge in [-0.3, -0.25) is 9.69 Å². The van der Waals surface area contributed by atoms with Crippen LogP contribution in [0.4, 0.5) is 0 Å². The van der Waals surface area contributed by atoms with Crippen LogP contribution in [-0.4, -0.2) is 68.5 Å². The lowest BCUT2D eigenvalue weighted by Crippen LogP contribution is -2.41. The van der Waals surface area contributed by atoms with Crippen molar-refractivity contribution in [2.24, 2.45) is 0 Å². The number of carbonyl (C=O) groups is 1. The van der Waals surface area contributed by atoms with Crippen LogP contribution in [0.25, 0.3) is 0 Å². The van der Waals surface area contributed by atoms with Crippen molar-refractivity contribution in [3.63, 3.8) is 0 Å². The monoisotopic (exact) mass is 335 g/mol. The van der Waals surface area contributed by atoms with Crippen LogP contribution in [0.2, 0.25) is 0 Å². The molecule has 1 amide bonds. The number of hydrogen-bond acceptors (Lipinski definition) is 5. The molecule has 0 saturated carbocycles. The first-order valence-corrected chi connectivity index (χ1v) is 9.13. The molecule has 134 valence electrons. The summed E-state index contributed by atoms with van der Waals surface area (Å²) in [4.78, 5) is 16.5. The molecule has 0 bridgehead atoms. The van der Waals surface area contributed by atoms with Crippen LogP contribution >= 0.6 is 0 Å². The zero-order valence-electron chi connectivity index (χ0n) is 14.8. The van der Waals surface area contributed by atoms with Gasteiger partial charge in [0.15, 0.2) is 0 Å². The summed E-state index contributed by atoms with van der Waals surface area (Å²) in [5.41, 5.74) is -0.382. The van der Waals surface area contributed by atoms with Crippen molar-refractivity contribution in [2.75, 3.05) is 32.7 Å². The molecule has 3 rings (SSSR count). The Balaban J connectivity index is 1.58. The van der Waals surface area contributed by atoms with Gasteiger partial charge in [0.05, 0.1) is 12.7 Å². The van der Waals surface area contributed by atoms with Crippen LogP contribution in [-0.2, 0) is 10.4 Å². The van der Waals surface area contributed by atoms with Gasteiger partial charge in [0, 0.05) is 32.2 Å². The van der Waals surface area contributed by atoms with E-state index in [4.69, 9.17) is 0 Å². The minimum Gasteiger partial charge on any atom is -0.382 e. The molecular weight excluding hydrogens is 306 g/mol. The first-order chi connectivity index (χ1) is 11.5. The summed E-state index contributed by atoms with van der Waals surface area (Å²) >= 11 is 0. The molecule has 2 aliphatic rings. The van der Waals surface area contributed by atoms with E-state index in [0.29, 0.717) is 31.7 Å². The van der Waals surface area contributed by atoms with Gasteiger partial charge in [-0.1, -0.05) is 18.1 Å². The van der Waals surface area contributed by atoms with E-state index in [9.17, 15) is 9.90 Å². The molecule has 3 heterocycles. The Kier molecular flexibility index (Phi) is 5.20. The molecule has 2 aliphatic heterocycles. The molecule has 0 aromatic carbocycles. The van der Waals surface area contributed by atoms with E-state index in [1.807, 2.05) is 29.8 Å². The fraction of sp³-hybridized carbons (Fsp3) is 0.824. The second kappa shape index (κ2) is 7.19. The SMILES string of the molecule is CC(C)n1cc([C@@]2(O)CCN(CC(=O)N3CCCCCC3)C2)nn1. The number of nitrogens with zero attached hydrogens (tertiary/aromatic N) is 5. The van der Waals surface area contributed by atoms with Gasteiger partial charge in [0.1, 0.15) is 11.3 Å². The van der Waals surface area contributed by atoms with Crippen molar-refractivity contribution in [1.29, 1.82) is 0 Å². The molecule has 0 spiro atoms. The minimum absolute atomic E-state index is 0.187. The predicted molar refractivity (Wildman–Crippen MR) is 90.4 cm³/mol. The third-order valence-corrected chi connectivity index (χ3v) is 5.16. The Morgan fingerprint density at radius 1 is 1.25 bits per heavy atom. The topological polar surface area (TPSA) is 74.5 Å². The lowest BCUT2D eigenvalue weighted by Gasteiger charge is -2.25. The molecule has 1 aromatic heterocycles. The summed E-state index contributed by atoms with van der Waals surface area (Å²) in [6.07, 6.45) is 7.07. The summed E-state index contributed by atoms with van der Waals surface area (Å²) in [5, 5.41) is 19.2. The Morgan fingerprint density at radius 3 is 2.58 bits per heavy atom. The molecule has 0 unspecified atom stereocenters. The van der Waals surface area contributed by atoms with E-state index in [2.05, 4.69) is 10.3 Å². The second-order valence-electron chi connectivity index (χ2n) is 7.46. The fourth-order valence-corrected chi connectivity index (χ4v) is 3.57. The summed E-state index contributed by atoms with van der Waals surface area (Å²) in [5.74, 6) is 0.187. The van der Waals surface area contributed by atoms with Gasteiger partial charge in [0.2, 0.25) is 5.91 Å². The smallest absolute Gasteiger partial charge is 0.236 e. The zero-order valence-corrected chi connectivity index (χ0v) is 14.8. The van der Waals surface area contributed by atoms with Crippen LogP contribution in [0, 0.1) is 0 Å². The number of aromatic nitrogens is 3. The van der Waals surface area contributed by atoms with E-state index in [0.717, 1.165) is 25.9 Å². The lowest BCUT2D eigenvalue weighted by atomic mass is 10.00. The van der Waals surface area contributed by atoms with Crippen LogP contribution in [0.3, 0.4) is 0 Å². The maximum atomic E-state index is 12.5. The first-order valence-electron chi connectivity index (χ1n) is 9.13. The van der Waals surface area contributed by atoms with Crippen molar-refractivity contribution < 1.29 is 9.90 Å². The summed E-state index contributed by atoms with van der Waals surface area (Å²) in [6.45, 7) is 7.36. The summed E-state index contributed by atoms with van der Waals surface area (Å²) < 4.78 is 1.76. The van der Waals surface area contributed by atoms with E-state index >= 15 is 0 Å². The molecule has 0 radical (unpaired) electrons. The van der Waals surface area contributed by atoms with Crippen molar-refractivity contribution >= 4 is 5.91 Å². The highest BCUT2D eigenvalue weighted by molar-refractivity contribution is 5.78. The van der Waals surface area contributed by atoms with Gasteiger partial charge < -0.3 is 10.0 Å². The molecular formula is C17H29N5O2. The third kappa shape index (κ3) is 3.78. The molecule has 2 fully saturated rings. The highest BCUT2D eigenvalue weighted by atomic mass is 16.3. The summed E-state index contributed by atoms with van der Waals surface area (Å²) in [6, 6.07) is 0.219. The minimum atomic E-state index is -0.994. The molecule has 7 nitrogen and oxygen atoms in total. The van der Waals surface area contributed by atoms with Crippen molar-refractivity contribution in [3.8, 4) is 0 Å². The Labute approximate surface area is 143 Å². The fourth-order valence-electron chi connectivity index (χ4n) is 3.57. The van der Waals surface area contributed by atoms with Crippen LogP contribution in [0.5, 0.6) is 0 Å². The van der Waals surface area contributed by atoms with Gasteiger partial charge >= 0.3 is 0 Å². The number of carbonyl (C=O) groups excluding carboxylic acids is 1. The maximum absolute atomic E-state index is 12.5. The van der Waals surface area contributed by atoms with E-state index in [-0.39, 0.29) is 11.9 Å². The second-order valence-corrected chi connectivity index (χ2v) is 7.46. The normalized spacial score (nSPS) is 26.1. The maximum Gasteiger partial charge on any atom is 0.236 e. The number of likely N-dealkylation sites (tertiary alicyclic amines) is 2. The number of β-amino-alcohol motifs (C(OH)–C–C–N with tert-alkyl or cyclic N) is 1. The molecule has 1 atom stereocenters. The Hall–Kier alpha value is -1.47. The average Bonchev–Trinajstić information content (AvgIpc) is 3.08. The first kappa shape index (κ1) is 17.4. The van der Waals surface area contributed by atoms with E-state index in [1.165, 1.54) is 12.8 Å². The Morgan fingerprint density at radius 2 is 1.96 bits per heavy atom. The zero-order chi connectivity index (χ0) is 17.2. The molecule has 0 aliphatic carbocycles. The molecule has 7 heteroatoms. The molecule has 1 aromatic rings. The van der Waals surface area contributed by atoms with Crippen molar-refractivity contribution in [3.05, 3.63) is 11.9 Å². The average molecular weight is 335 g/mol. The Bertz CT molecular complexity index is 565. The third-order valence-electron chi connectivity index (χ3n) is 5.16. The van der Waals surface area contributed by atoms with Gasteiger partial charge in [0.25, 0.3) is 0 Å². The van der Waals surface area contributed by atoms with Gasteiger partial charge in [-0.05, 0) is 33.1 Å². The van der Waals surface area contributed by atoms with Crippen LogP contribution < -0.4 is 0 Å². The molecule has 24 heavy (non-hydrogen) atoms. The van der Waals surface area contributed by atoms with Gasteiger partial charge in [-0.2, -0.15) is 0 Å².